The molecule has 0 heterocycles. The number of anilines is 2. The molecule has 5 nitrogen and oxygen atoms in total. The van der Waals surface area contributed by atoms with Crippen molar-refractivity contribution in [3.8, 4) is 0 Å². The van der Waals surface area contributed by atoms with E-state index >= 15 is 0 Å². The molecule has 1 rings (SSSR count). The van der Waals surface area contributed by atoms with Crippen molar-refractivity contribution >= 4 is 21.4 Å². The molecule has 0 amide bonds. The summed E-state index contributed by atoms with van der Waals surface area (Å²) in [5.41, 5.74) is 6.58. The van der Waals surface area contributed by atoms with Crippen LogP contribution in [0.4, 0.5) is 11.4 Å². The molecule has 18 heavy (non-hydrogen) atoms. The maximum atomic E-state index is 11.9. The molecule has 0 saturated carbocycles. The average Bonchev–Trinajstić information content (AvgIpc) is 2.31. The van der Waals surface area contributed by atoms with Crippen molar-refractivity contribution in [2.24, 2.45) is 0 Å². The van der Waals surface area contributed by atoms with Crippen LogP contribution in [0.15, 0.2) is 35.7 Å². The van der Waals surface area contributed by atoms with Crippen molar-refractivity contribution in [2.45, 2.75) is 24.3 Å². The van der Waals surface area contributed by atoms with Crippen molar-refractivity contribution < 1.29 is 8.42 Å². The van der Waals surface area contributed by atoms with Crippen molar-refractivity contribution in [3.05, 3.63) is 30.9 Å². The summed E-state index contributed by atoms with van der Waals surface area (Å²) >= 11 is 0. The Bertz CT molecular complexity index is 526. The minimum absolute atomic E-state index is 0.0944. The Morgan fingerprint density at radius 2 is 2.17 bits per heavy atom. The zero-order valence-corrected chi connectivity index (χ0v) is 11.4. The van der Waals surface area contributed by atoms with Gasteiger partial charge in [0.1, 0.15) is 4.90 Å². The fourth-order valence-electron chi connectivity index (χ4n) is 1.56. The molecule has 0 aliphatic carbocycles. The Morgan fingerprint density at radius 3 is 2.72 bits per heavy atom. The lowest BCUT2D eigenvalue weighted by Gasteiger charge is -2.17. The summed E-state index contributed by atoms with van der Waals surface area (Å²) in [4.78, 5) is 0.154. The van der Waals surface area contributed by atoms with Crippen LogP contribution in [0, 0.1) is 0 Å². The van der Waals surface area contributed by atoms with Gasteiger partial charge in [-0.1, -0.05) is 6.08 Å². The maximum Gasteiger partial charge on any atom is 0.242 e. The highest BCUT2D eigenvalue weighted by molar-refractivity contribution is 7.89. The van der Waals surface area contributed by atoms with Crippen LogP contribution in [-0.2, 0) is 10.0 Å². The first-order chi connectivity index (χ1) is 8.40. The number of sulfonamides is 1. The monoisotopic (exact) mass is 269 g/mol. The molecule has 6 heteroatoms. The van der Waals surface area contributed by atoms with Gasteiger partial charge in [0.05, 0.1) is 5.69 Å². The fourth-order valence-corrected chi connectivity index (χ4v) is 2.49. The highest BCUT2D eigenvalue weighted by atomic mass is 32.2. The van der Waals surface area contributed by atoms with Crippen molar-refractivity contribution in [3.63, 3.8) is 0 Å². The molecule has 1 atom stereocenters. The third-order valence-electron chi connectivity index (χ3n) is 2.49. The molecular formula is C12H19N3O2S. The van der Waals surface area contributed by atoms with Gasteiger partial charge in [-0.05, 0) is 38.6 Å². The number of hydrogen-bond acceptors (Lipinski definition) is 4. The average molecular weight is 269 g/mol. The number of benzene rings is 1. The van der Waals surface area contributed by atoms with Gasteiger partial charge >= 0.3 is 0 Å². The number of nitrogen functional groups attached to an aromatic ring is 1. The lowest BCUT2D eigenvalue weighted by atomic mass is 10.2. The van der Waals surface area contributed by atoms with E-state index in [4.69, 9.17) is 5.73 Å². The third kappa shape index (κ3) is 3.48. The second kappa shape index (κ2) is 5.88. The molecule has 0 aliphatic rings. The molecule has 0 spiro atoms. The molecular weight excluding hydrogens is 250 g/mol. The van der Waals surface area contributed by atoms with Crippen LogP contribution in [0.1, 0.15) is 13.3 Å². The standard InChI is InChI=1S/C12H19N3O2S/c1-4-5-9(2)15-11-7-6-10(13)8-12(11)18(16,17)14-3/h4,6-9,14-15H,1,5,13H2,2-3H3. The number of hydrogen-bond donors (Lipinski definition) is 3. The van der Waals surface area contributed by atoms with Crippen LogP contribution in [-0.4, -0.2) is 21.5 Å². The van der Waals surface area contributed by atoms with E-state index in [1.54, 1.807) is 18.2 Å². The first-order valence-electron chi connectivity index (χ1n) is 5.61. The van der Waals surface area contributed by atoms with Crippen LogP contribution in [0.3, 0.4) is 0 Å². The molecule has 0 saturated heterocycles. The molecule has 0 aromatic heterocycles. The molecule has 1 unspecified atom stereocenters. The van der Waals surface area contributed by atoms with E-state index in [1.807, 2.05) is 6.92 Å². The third-order valence-corrected chi connectivity index (χ3v) is 3.94. The molecule has 4 N–H and O–H groups in total. The summed E-state index contributed by atoms with van der Waals surface area (Å²) in [6.45, 7) is 5.61. The zero-order chi connectivity index (χ0) is 13.8. The van der Waals surface area contributed by atoms with Crippen LogP contribution < -0.4 is 15.8 Å². The van der Waals surface area contributed by atoms with E-state index in [2.05, 4.69) is 16.6 Å². The minimum atomic E-state index is -3.53. The van der Waals surface area contributed by atoms with Gasteiger partial charge in [-0.15, -0.1) is 6.58 Å². The molecule has 0 radical (unpaired) electrons. The molecule has 0 aliphatic heterocycles. The van der Waals surface area contributed by atoms with Crippen molar-refractivity contribution in [2.75, 3.05) is 18.1 Å². The van der Waals surface area contributed by atoms with Gasteiger partial charge in [-0.3, -0.25) is 0 Å². The van der Waals surface area contributed by atoms with Gasteiger partial charge in [0.25, 0.3) is 0 Å². The number of nitrogens with one attached hydrogen (secondary N) is 2. The van der Waals surface area contributed by atoms with Gasteiger partial charge in [0.2, 0.25) is 10.0 Å². The minimum Gasteiger partial charge on any atom is -0.399 e. The molecule has 1 aromatic rings. The van der Waals surface area contributed by atoms with Crippen LogP contribution in [0.2, 0.25) is 0 Å². The first-order valence-corrected chi connectivity index (χ1v) is 7.09. The Kier molecular flexibility index (Phi) is 4.75. The van der Waals surface area contributed by atoms with Gasteiger partial charge < -0.3 is 11.1 Å². The molecule has 0 fully saturated rings. The van der Waals surface area contributed by atoms with Gasteiger partial charge in [-0.25, -0.2) is 13.1 Å². The predicted octanol–water partition coefficient (Wildman–Crippen LogP) is 1.55. The Morgan fingerprint density at radius 1 is 1.50 bits per heavy atom. The second-order valence-corrected chi connectivity index (χ2v) is 5.89. The van der Waals surface area contributed by atoms with Gasteiger partial charge in [0.15, 0.2) is 0 Å². The maximum absolute atomic E-state index is 11.9. The normalized spacial score (nSPS) is 13.0. The van der Waals surface area contributed by atoms with Gasteiger partial charge in [-0.2, -0.15) is 0 Å². The lowest BCUT2D eigenvalue weighted by molar-refractivity contribution is 0.588. The van der Waals surface area contributed by atoms with E-state index in [9.17, 15) is 8.42 Å². The summed E-state index contributed by atoms with van der Waals surface area (Å²) in [6.07, 6.45) is 2.52. The van der Waals surface area contributed by atoms with Crippen molar-refractivity contribution in [1.82, 2.24) is 4.72 Å². The van der Waals surface area contributed by atoms with E-state index < -0.39 is 10.0 Å². The Balaban J connectivity index is 3.16. The number of nitrogens with two attached hydrogens (primary N) is 1. The summed E-state index contributed by atoms with van der Waals surface area (Å²) in [6, 6.07) is 4.86. The molecule has 1 aromatic carbocycles. The van der Waals surface area contributed by atoms with Gasteiger partial charge in [0, 0.05) is 11.7 Å². The van der Waals surface area contributed by atoms with E-state index in [0.29, 0.717) is 11.4 Å². The second-order valence-electron chi connectivity index (χ2n) is 4.03. The van der Waals surface area contributed by atoms with Crippen molar-refractivity contribution in [1.29, 1.82) is 0 Å². The first kappa shape index (κ1) is 14.5. The molecule has 0 bridgehead atoms. The summed E-state index contributed by atoms with van der Waals surface area (Å²) in [5.74, 6) is 0. The van der Waals surface area contributed by atoms with E-state index in [0.717, 1.165) is 6.42 Å². The van der Waals surface area contributed by atoms with Crippen LogP contribution in [0.5, 0.6) is 0 Å². The molecule has 100 valence electrons. The lowest BCUT2D eigenvalue weighted by Crippen LogP contribution is -2.22. The van der Waals surface area contributed by atoms with Crippen LogP contribution >= 0.6 is 0 Å². The summed E-state index contributed by atoms with van der Waals surface area (Å²) in [7, 11) is -2.16. The predicted molar refractivity (Wildman–Crippen MR) is 75.0 cm³/mol. The van der Waals surface area contributed by atoms with E-state index in [1.165, 1.54) is 13.1 Å². The zero-order valence-electron chi connectivity index (χ0n) is 10.6. The summed E-state index contributed by atoms with van der Waals surface area (Å²) in [5, 5.41) is 3.13. The Labute approximate surface area is 108 Å². The van der Waals surface area contributed by atoms with E-state index in [-0.39, 0.29) is 10.9 Å². The summed E-state index contributed by atoms with van der Waals surface area (Å²) < 4.78 is 26.1. The van der Waals surface area contributed by atoms with Crippen LogP contribution in [0.25, 0.3) is 0 Å². The number of rotatable bonds is 6. The highest BCUT2D eigenvalue weighted by Crippen LogP contribution is 2.24. The topological polar surface area (TPSA) is 84.2 Å². The Hall–Kier alpha value is -1.53. The largest absolute Gasteiger partial charge is 0.399 e. The quantitative estimate of drug-likeness (QED) is 0.540. The smallest absolute Gasteiger partial charge is 0.242 e. The highest BCUT2D eigenvalue weighted by Gasteiger charge is 2.17. The SMILES string of the molecule is C=CCC(C)Nc1ccc(N)cc1S(=O)(=O)NC. The fraction of sp³-hybridized carbons (Fsp3) is 0.333.